The Hall–Kier alpha value is -1.17. The number of halogens is 1. The third kappa shape index (κ3) is 4.24. The third-order valence-corrected chi connectivity index (χ3v) is 2.32. The summed E-state index contributed by atoms with van der Waals surface area (Å²) in [5, 5.41) is 12.8. The number of benzene rings is 1. The molecule has 0 bridgehead atoms. The van der Waals surface area contributed by atoms with Gasteiger partial charge in [0.15, 0.2) is 0 Å². The molecule has 0 aliphatic rings. The van der Waals surface area contributed by atoms with Crippen LogP contribution in [0.1, 0.15) is 18.4 Å². The van der Waals surface area contributed by atoms with Gasteiger partial charge in [-0.1, -0.05) is 17.7 Å². The predicted octanol–water partition coefficient (Wildman–Crippen LogP) is 2.55. The van der Waals surface area contributed by atoms with Crippen molar-refractivity contribution in [3.63, 3.8) is 0 Å². The molecule has 1 aromatic carbocycles. The molecular weight excluding hydrogens is 210 g/mol. The molecule has 3 heteroatoms. The molecule has 15 heavy (non-hydrogen) atoms. The zero-order chi connectivity index (χ0) is 11.1. The Morgan fingerprint density at radius 3 is 2.93 bits per heavy atom. The minimum Gasteiger partial charge on any atom is -0.506 e. The highest BCUT2D eigenvalue weighted by Crippen LogP contribution is 2.23. The fourth-order valence-corrected chi connectivity index (χ4v) is 1.41. The molecule has 0 unspecified atom stereocenters. The van der Waals surface area contributed by atoms with Crippen LogP contribution in [0.5, 0.6) is 5.75 Å². The van der Waals surface area contributed by atoms with Crippen LogP contribution < -0.4 is 5.32 Å². The number of phenolic OH excluding ortho intramolecular Hbond substituents is 1. The first kappa shape index (κ1) is 11.9. The largest absolute Gasteiger partial charge is 0.506 e. The average Bonchev–Trinajstić information content (AvgIpc) is 2.23. The van der Waals surface area contributed by atoms with Crippen molar-refractivity contribution in [1.29, 1.82) is 0 Å². The van der Waals surface area contributed by atoms with Gasteiger partial charge in [-0.05, 0) is 30.7 Å². The highest BCUT2D eigenvalue weighted by atomic mass is 35.5. The van der Waals surface area contributed by atoms with E-state index in [1.54, 1.807) is 12.1 Å². The topological polar surface area (TPSA) is 32.3 Å². The van der Waals surface area contributed by atoms with E-state index in [1.807, 2.05) is 6.07 Å². The van der Waals surface area contributed by atoms with Gasteiger partial charge in [-0.2, -0.15) is 0 Å². The second-order valence-electron chi connectivity index (χ2n) is 3.27. The minimum absolute atomic E-state index is 0.118. The number of aromatic hydroxyl groups is 1. The Morgan fingerprint density at radius 1 is 1.47 bits per heavy atom. The molecule has 0 aliphatic heterocycles. The van der Waals surface area contributed by atoms with Gasteiger partial charge in [0, 0.05) is 13.0 Å². The van der Waals surface area contributed by atoms with Gasteiger partial charge >= 0.3 is 0 Å². The molecule has 0 saturated carbocycles. The quantitative estimate of drug-likeness (QED) is 0.594. The van der Waals surface area contributed by atoms with E-state index in [1.165, 1.54) is 0 Å². The summed E-state index contributed by atoms with van der Waals surface area (Å²) in [6.07, 6.45) is 6.90. The smallest absolute Gasteiger partial charge is 0.134 e. The maximum Gasteiger partial charge on any atom is 0.134 e. The summed E-state index contributed by atoms with van der Waals surface area (Å²) in [6, 6.07) is 5.20. The Balaban J connectivity index is 2.32. The molecule has 0 atom stereocenters. The van der Waals surface area contributed by atoms with Crippen molar-refractivity contribution in [2.45, 2.75) is 19.4 Å². The van der Waals surface area contributed by atoms with Gasteiger partial charge in [-0.15, -0.1) is 12.3 Å². The summed E-state index contributed by atoms with van der Waals surface area (Å²) in [7, 11) is 0. The van der Waals surface area contributed by atoms with Crippen LogP contribution in [0.25, 0.3) is 0 Å². The summed E-state index contributed by atoms with van der Waals surface area (Å²) < 4.78 is 0. The van der Waals surface area contributed by atoms with E-state index in [9.17, 15) is 5.11 Å². The number of hydrogen-bond donors (Lipinski definition) is 2. The Bertz CT molecular complexity index is 357. The molecule has 0 radical (unpaired) electrons. The Morgan fingerprint density at radius 2 is 2.27 bits per heavy atom. The van der Waals surface area contributed by atoms with E-state index in [2.05, 4.69) is 11.2 Å². The lowest BCUT2D eigenvalue weighted by molar-refractivity contribution is 0.475. The first-order chi connectivity index (χ1) is 7.24. The molecule has 0 aliphatic carbocycles. The standard InChI is InChI=1S/C12H14ClNO/c1-2-3-4-7-14-9-10-5-6-12(15)11(13)8-10/h1,5-6,8,14-15H,3-4,7,9H2. The lowest BCUT2D eigenvalue weighted by Gasteiger charge is -2.04. The molecule has 0 heterocycles. The fraction of sp³-hybridized carbons (Fsp3) is 0.333. The number of terminal acetylenes is 1. The SMILES string of the molecule is C#CCCCNCc1ccc(O)c(Cl)c1. The second kappa shape index (κ2) is 6.34. The number of phenols is 1. The van der Waals surface area contributed by atoms with E-state index >= 15 is 0 Å². The van der Waals surface area contributed by atoms with Gasteiger partial charge in [0.25, 0.3) is 0 Å². The molecule has 1 aromatic rings. The Kier molecular flexibility index (Phi) is 5.03. The van der Waals surface area contributed by atoms with Crippen molar-refractivity contribution >= 4 is 11.6 Å². The van der Waals surface area contributed by atoms with Gasteiger partial charge in [-0.3, -0.25) is 0 Å². The molecule has 2 nitrogen and oxygen atoms in total. The fourth-order valence-electron chi connectivity index (χ4n) is 1.21. The number of unbranched alkanes of at least 4 members (excludes halogenated alkanes) is 1. The molecule has 0 amide bonds. The van der Waals surface area contributed by atoms with Gasteiger partial charge in [-0.25, -0.2) is 0 Å². The summed E-state index contributed by atoms with van der Waals surface area (Å²) in [4.78, 5) is 0. The summed E-state index contributed by atoms with van der Waals surface area (Å²) in [6.45, 7) is 1.63. The van der Waals surface area contributed by atoms with Crippen LogP contribution in [0.2, 0.25) is 5.02 Å². The highest BCUT2D eigenvalue weighted by Gasteiger charge is 1.99. The van der Waals surface area contributed by atoms with Gasteiger partial charge < -0.3 is 10.4 Å². The number of hydrogen-bond acceptors (Lipinski definition) is 2. The van der Waals surface area contributed by atoms with Crippen molar-refractivity contribution in [3.05, 3.63) is 28.8 Å². The van der Waals surface area contributed by atoms with Crippen molar-refractivity contribution in [1.82, 2.24) is 5.32 Å². The zero-order valence-corrected chi connectivity index (χ0v) is 9.22. The van der Waals surface area contributed by atoms with Gasteiger partial charge in [0.05, 0.1) is 5.02 Å². The van der Waals surface area contributed by atoms with Crippen LogP contribution in [-0.4, -0.2) is 11.7 Å². The second-order valence-corrected chi connectivity index (χ2v) is 3.68. The van der Waals surface area contributed by atoms with Crippen LogP contribution in [-0.2, 0) is 6.54 Å². The third-order valence-electron chi connectivity index (χ3n) is 2.02. The van der Waals surface area contributed by atoms with Gasteiger partial charge in [0.1, 0.15) is 5.75 Å². The van der Waals surface area contributed by atoms with Crippen LogP contribution in [0.4, 0.5) is 0 Å². The summed E-state index contributed by atoms with van der Waals surface area (Å²) in [5.41, 5.74) is 1.05. The zero-order valence-electron chi connectivity index (χ0n) is 8.46. The highest BCUT2D eigenvalue weighted by molar-refractivity contribution is 6.32. The predicted molar refractivity (Wildman–Crippen MR) is 62.9 cm³/mol. The van der Waals surface area contributed by atoms with E-state index in [4.69, 9.17) is 18.0 Å². The van der Waals surface area contributed by atoms with Crippen LogP contribution in [0.15, 0.2) is 18.2 Å². The van der Waals surface area contributed by atoms with E-state index in [0.29, 0.717) is 5.02 Å². The normalized spacial score (nSPS) is 9.87. The lowest BCUT2D eigenvalue weighted by atomic mass is 10.2. The van der Waals surface area contributed by atoms with Crippen molar-refractivity contribution in [3.8, 4) is 18.1 Å². The molecular formula is C12H14ClNO. The monoisotopic (exact) mass is 223 g/mol. The van der Waals surface area contributed by atoms with Crippen molar-refractivity contribution in [2.75, 3.05) is 6.54 Å². The molecule has 0 aromatic heterocycles. The first-order valence-electron chi connectivity index (χ1n) is 4.85. The Labute approximate surface area is 95.3 Å². The van der Waals surface area contributed by atoms with E-state index in [0.717, 1.165) is 31.5 Å². The maximum atomic E-state index is 9.21. The lowest BCUT2D eigenvalue weighted by Crippen LogP contribution is -2.14. The summed E-state index contributed by atoms with van der Waals surface area (Å²) in [5.74, 6) is 2.71. The van der Waals surface area contributed by atoms with Gasteiger partial charge in [0.2, 0.25) is 0 Å². The molecule has 0 fully saturated rings. The number of nitrogens with one attached hydrogen (secondary N) is 1. The summed E-state index contributed by atoms with van der Waals surface area (Å²) >= 11 is 5.77. The van der Waals surface area contributed by atoms with Crippen LogP contribution in [0, 0.1) is 12.3 Å². The van der Waals surface area contributed by atoms with E-state index in [-0.39, 0.29) is 5.75 Å². The molecule has 0 spiro atoms. The molecule has 2 N–H and O–H groups in total. The molecule has 0 saturated heterocycles. The number of rotatable bonds is 5. The average molecular weight is 224 g/mol. The first-order valence-corrected chi connectivity index (χ1v) is 5.23. The minimum atomic E-state index is 0.118. The maximum absolute atomic E-state index is 9.21. The molecule has 1 rings (SSSR count). The van der Waals surface area contributed by atoms with Crippen LogP contribution >= 0.6 is 11.6 Å². The van der Waals surface area contributed by atoms with Crippen LogP contribution in [0.3, 0.4) is 0 Å². The van der Waals surface area contributed by atoms with Crippen molar-refractivity contribution < 1.29 is 5.11 Å². The van der Waals surface area contributed by atoms with E-state index < -0.39 is 0 Å². The molecule has 80 valence electrons. The van der Waals surface area contributed by atoms with Crippen molar-refractivity contribution in [2.24, 2.45) is 0 Å².